The lowest BCUT2D eigenvalue weighted by Crippen LogP contribution is -2.60. The van der Waals surface area contributed by atoms with Crippen molar-refractivity contribution >= 4 is 22.9 Å². The van der Waals surface area contributed by atoms with Crippen LogP contribution in [0.1, 0.15) is 52.3 Å². The van der Waals surface area contributed by atoms with Crippen LogP contribution in [0.25, 0.3) is 11.0 Å². The molecule has 0 aliphatic carbocycles. The van der Waals surface area contributed by atoms with Gasteiger partial charge in [0.25, 0.3) is 0 Å². The van der Waals surface area contributed by atoms with Crippen molar-refractivity contribution in [3.05, 3.63) is 58.1 Å². The fraction of sp³-hybridized carbons (Fsp3) is 0.464. The van der Waals surface area contributed by atoms with E-state index in [4.69, 9.17) is 9.47 Å². The van der Waals surface area contributed by atoms with Gasteiger partial charge in [0.15, 0.2) is 5.82 Å². The molecule has 1 amide bonds. The first-order chi connectivity index (χ1) is 18.0. The number of rotatable bonds is 5. The number of ether oxygens (including phenoxy) is 2. The molecule has 0 saturated carbocycles. The predicted molar refractivity (Wildman–Crippen MR) is 144 cm³/mol. The van der Waals surface area contributed by atoms with E-state index >= 15 is 0 Å². The van der Waals surface area contributed by atoms with Crippen LogP contribution in [0.3, 0.4) is 0 Å². The second kappa shape index (κ2) is 10.7. The van der Waals surface area contributed by atoms with Crippen LogP contribution >= 0.6 is 0 Å². The Labute approximate surface area is 222 Å². The van der Waals surface area contributed by atoms with Crippen LogP contribution in [-0.2, 0) is 11.3 Å². The molecule has 3 heterocycles. The first kappa shape index (κ1) is 26.9. The van der Waals surface area contributed by atoms with E-state index in [1.165, 1.54) is 0 Å². The van der Waals surface area contributed by atoms with Gasteiger partial charge in [-0.15, -0.1) is 0 Å². The van der Waals surface area contributed by atoms with Gasteiger partial charge in [-0.2, -0.15) is 10.2 Å². The van der Waals surface area contributed by atoms with Crippen LogP contribution in [0.2, 0.25) is 0 Å². The number of piperazine rings is 1. The molecule has 0 spiro atoms. The summed E-state index contributed by atoms with van der Waals surface area (Å²) in [5.41, 5.74) is 1.19. The van der Waals surface area contributed by atoms with Crippen LogP contribution in [0.5, 0.6) is 5.75 Å². The first-order valence-corrected chi connectivity index (χ1v) is 12.8. The van der Waals surface area contributed by atoms with Crippen molar-refractivity contribution in [1.29, 1.82) is 5.26 Å². The van der Waals surface area contributed by atoms with Gasteiger partial charge in [0.05, 0.1) is 25.2 Å². The maximum Gasteiger partial charge on any atom is 0.410 e. The van der Waals surface area contributed by atoms with E-state index in [1.807, 2.05) is 63.8 Å². The van der Waals surface area contributed by atoms with Gasteiger partial charge in [-0.25, -0.2) is 14.6 Å². The number of methoxy groups -OCH3 is 1. The molecule has 1 aliphatic heterocycles. The fourth-order valence-corrected chi connectivity index (χ4v) is 4.70. The lowest BCUT2D eigenvalue weighted by atomic mass is 10.1. The Kier molecular flexibility index (Phi) is 7.58. The summed E-state index contributed by atoms with van der Waals surface area (Å²) in [4.78, 5) is 39.2. The van der Waals surface area contributed by atoms with Gasteiger partial charge in [-0.05, 0) is 63.9 Å². The second-order valence-electron chi connectivity index (χ2n) is 10.5. The molecule has 0 N–H and O–H groups in total. The van der Waals surface area contributed by atoms with Gasteiger partial charge in [0, 0.05) is 19.1 Å². The molecule has 38 heavy (non-hydrogen) atoms. The van der Waals surface area contributed by atoms with Crippen molar-refractivity contribution in [2.75, 3.05) is 25.1 Å². The number of amides is 1. The minimum absolute atomic E-state index is 0.140. The molecule has 2 atom stereocenters. The van der Waals surface area contributed by atoms with Gasteiger partial charge >= 0.3 is 11.8 Å². The minimum Gasteiger partial charge on any atom is -0.497 e. The number of carbonyl (C=O) groups excluding carboxylic acids is 1. The molecule has 10 heteroatoms. The maximum absolute atomic E-state index is 13.4. The average molecular weight is 519 g/mol. The Morgan fingerprint density at radius 3 is 2.45 bits per heavy atom. The summed E-state index contributed by atoms with van der Waals surface area (Å²) in [5, 5.41) is 9.54. The summed E-state index contributed by atoms with van der Waals surface area (Å²) in [6.45, 7) is 10.7. The maximum atomic E-state index is 13.4. The molecule has 3 aromatic rings. The smallest absolute Gasteiger partial charge is 0.410 e. The second-order valence-corrected chi connectivity index (χ2v) is 10.5. The third-order valence-corrected chi connectivity index (χ3v) is 6.64. The molecule has 0 radical (unpaired) electrons. The Bertz CT molecular complexity index is 1420. The van der Waals surface area contributed by atoms with E-state index in [2.05, 4.69) is 16.0 Å². The highest BCUT2D eigenvalue weighted by atomic mass is 16.6. The lowest BCUT2D eigenvalue weighted by Gasteiger charge is -2.45. The summed E-state index contributed by atoms with van der Waals surface area (Å²) in [6, 6.07) is 12.6. The fourth-order valence-electron chi connectivity index (χ4n) is 4.70. The molecule has 200 valence electrons. The number of hydrogen-bond donors (Lipinski definition) is 0. The number of hydrogen-bond acceptors (Lipinski definition) is 8. The first-order valence-electron chi connectivity index (χ1n) is 12.8. The van der Waals surface area contributed by atoms with Gasteiger partial charge < -0.3 is 19.3 Å². The Morgan fingerprint density at radius 1 is 1.13 bits per heavy atom. The molecule has 1 aliphatic rings. The van der Waals surface area contributed by atoms with Crippen molar-refractivity contribution < 1.29 is 14.3 Å². The zero-order chi connectivity index (χ0) is 27.6. The number of fused-ring (bicyclic) bond motifs is 1. The van der Waals surface area contributed by atoms with Gasteiger partial charge in [-0.3, -0.25) is 4.57 Å². The van der Waals surface area contributed by atoms with Crippen LogP contribution in [0.4, 0.5) is 10.6 Å². The van der Waals surface area contributed by atoms with Crippen molar-refractivity contribution in [3.63, 3.8) is 0 Å². The third-order valence-electron chi connectivity index (χ3n) is 6.64. The molecular weight excluding hydrogens is 484 g/mol. The van der Waals surface area contributed by atoms with E-state index in [1.54, 1.807) is 28.7 Å². The normalized spacial score (nSPS) is 17.8. The SMILES string of the molecule is CCC1CN(c2nc(=O)n(Cc3ccc(OC)cc3)c3ccc(C#N)nc23)C(C)CN1C(=O)OC(C)(C)C. The predicted octanol–water partition coefficient (Wildman–Crippen LogP) is 3.94. The van der Waals surface area contributed by atoms with E-state index in [0.29, 0.717) is 42.9 Å². The van der Waals surface area contributed by atoms with Gasteiger partial charge in [0.1, 0.15) is 28.6 Å². The van der Waals surface area contributed by atoms with Crippen LogP contribution in [0.15, 0.2) is 41.2 Å². The van der Waals surface area contributed by atoms with Crippen LogP contribution < -0.4 is 15.3 Å². The molecule has 1 fully saturated rings. The topological polar surface area (TPSA) is 114 Å². The number of benzene rings is 1. The zero-order valence-electron chi connectivity index (χ0n) is 22.8. The summed E-state index contributed by atoms with van der Waals surface area (Å²) in [5.74, 6) is 1.15. The molecule has 2 unspecified atom stereocenters. The molecule has 1 saturated heterocycles. The standard InChI is InChI=1S/C28H34N6O4/c1-7-21-17-32(18(2)15-33(21)27(36)38-28(3,4)5)25-24-23(13-10-20(14-29)30-24)34(26(35)31-25)16-19-8-11-22(37-6)12-9-19/h8-13,18,21H,7,15-17H2,1-6H3. The average Bonchev–Trinajstić information content (AvgIpc) is 2.89. The summed E-state index contributed by atoms with van der Waals surface area (Å²) >= 11 is 0. The number of pyridine rings is 1. The zero-order valence-corrected chi connectivity index (χ0v) is 22.8. The quantitative estimate of drug-likeness (QED) is 0.499. The summed E-state index contributed by atoms with van der Waals surface area (Å²) < 4.78 is 12.4. The van der Waals surface area contributed by atoms with Gasteiger partial charge in [0.2, 0.25) is 0 Å². The van der Waals surface area contributed by atoms with Crippen molar-refractivity contribution in [2.45, 2.75) is 65.3 Å². The Morgan fingerprint density at radius 2 is 1.84 bits per heavy atom. The molecular formula is C28H34N6O4. The van der Waals surface area contributed by atoms with Crippen molar-refractivity contribution in [2.24, 2.45) is 0 Å². The van der Waals surface area contributed by atoms with E-state index in [9.17, 15) is 14.9 Å². The highest BCUT2D eigenvalue weighted by Crippen LogP contribution is 2.29. The summed E-state index contributed by atoms with van der Waals surface area (Å²) in [6.07, 6.45) is 0.347. The molecule has 1 aromatic carbocycles. The molecule has 0 bridgehead atoms. The monoisotopic (exact) mass is 518 g/mol. The van der Waals surface area contributed by atoms with E-state index < -0.39 is 11.3 Å². The number of carbonyl (C=O) groups is 1. The number of nitriles is 1. The van der Waals surface area contributed by atoms with Crippen LogP contribution in [0, 0.1) is 11.3 Å². The number of aromatic nitrogens is 3. The molecule has 2 aromatic heterocycles. The Hall–Kier alpha value is -4.13. The van der Waals surface area contributed by atoms with Crippen molar-refractivity contribution in [3.8, 4) is 11.8 Å². The number of anilines is 1. The lowest BCUT2D eigenvalue weighted by molar-refractivity contribution is 0.0106. The van der Waals surface area contributed by atoms with Crippen LogP contribution in [-0.4, -0.2) is 63.4 Å². The molecule has 10 nitrogen and oxygen atoms in total. The minimum atomic E-state index is -0.598. The van der Waals surface area contributed by atoms with E-state index in [-0.39, 0.29) is 23.9 Å². The highest BCUT2D eigenvalue weighted by Gasteiger charge is 2.37. The number of nitrogens with zero attached hydrogens (tertiary/aromatic N) is 6. The van der Waals surface area contributed by atoms with Gasteiger partial charge in [-0.1, -0.05) is 19.1 Å². The Balaban J connectivity index is 1.75. The molecule has 4 rings (SSSR count). The summed E-state index contributed by atoms with van der Waals surface area (Å²) in [7, 11) is 1.60. The van der Waals surface area contributed by atoms with E-state index in [0.717, 1.165) is 11.3 Å². The largest absolute Gasteiger partial charge is 0.497 e. The highest BCUT2D eigenvalue weighted by molar-refractivity contribution is 5.86. The third kappa shape index (κ3) is 5.57. The van der Waals surface area contributed by atoms with Crippen molar-refractivity contribution in [1.82, 2.24) is 19.4 Å².